The van der Waals surface area contributed by atoms with Crippen molar-refractivity contribution in [2.75, 3.05) is 11.9 Å². The molecular weight excluding hydrogens is 222 g/mol. The van der Waals surface area contributed by atoms with Gasteiger partial charge in [0.15, 0.2) is 0 Å². The lowest BCUT2D eigenvalue weighted by molar-refractivity contribution is 0.306. The van der Waals surface area contributed by atoms with Gasteiger partial charge in [-0.3, -0.25) is 0 Å². The Labute approximate surface area is 102 Å². The van der Waals surface area contributed by atoms with Gasteiger partial charge in [0.25, 0.3) is 0 Å². The van der Waals surface area contributed by atoms with Gasteiger partial charge in [-0.2, -0.15) is 0 Å². The van der Waals surface area contributed by atoms with Crippen molar-refractivity contribution >= 4 is 17.4 Å². The summed E-state index contributed by atoms with van der Waals surface area (Å²) in [5, 5.41) is 3.69. The minimum atomic E-state index is 0.307. The molecule has 16 heavy (non-hydrogen) atoms. The molecule has 1 heterocycles. The van der Waals surface area contributed by atoms with Crippen LogP contribution in [-0.2, 0) is 0 Å². The van der Waals surface area contributed by atoms with Crippen LogP contribution in [0.1, 0.15) is 39.0 Å². The summed E-state index contributed by atoms with van der Waals surface area (Å²) >= 11 is 5.75. The minimum Gasteiger partial charge on any atom is -0.369 e. The minimum absolute atomic E-state index is 0.307. The normalized spacial score (nSPS) is 18.6. The summed E-state index contributed by atoms with van der Waals surface area (Å²) in [4.78, 5) is 8.01. The lowest BCUT2D eigenvalue weighted by Gasteiger charge is -2.27. The van der Waals surface area contributed by atoms with E-state index in [1.165, 1.54) is 32.1 Å². The molecule has 2 rings (SSSR count). The Morgan fingerprint density at radius 1 is 1.44 bits per heavy atom. The van der Waals surface area contributed by atoms with E-state index in [2.05, 4.69) is 22.2 Å². The highest BCUT2D eigenvalue weighted by Gasteiger charge is 2.31. The highest BCUT2D eigenvalue weighted by molar-refractivity contribution is 6.28. The SMILES string of the molecule is CCC1(CNc2ccnc(Cl)n2)CCCC1. The molecule has 0 aliphatic heterocycles. The largest absolute Gasteiger partial charge is 0.369 e. The average Bonchev–Trinajstić information content (AvgIpc) is 2.76. The van der Waals surface area contributed by atoms with Gasteiger partial charge in [-0.1, -0.05) is 19.8 Å². The molecular formula is C12H18ClN3. The van der Waals surface area contributed by atoms with Crippen molar-refractivity contribution in [3.05, 3.63) is 17.5 Å². The topological polar surface area (TPSA) is 37.8 Å². The Morgan fingerprint density at radius 3 is 2.81 bits per heavy atom. The molecule has 1 saturated carbocycles. The molecule has 1 aliphatic carbocycles. The van der Waals surface area contributed by atoms with E-state index in [1.807, 2.05) is 6.07 Å². The maximum atomic E-state index is 5.75. The summed E-state index contributed by atoms with van der Waals surface area (Å²) in [6, 6.07) is 1.87. The van der Waals surface area contributed by atoms with E-state index in [0.717, 1.165) is 12.4 Å². The molecule has 1 aliphatic rings. The van der Waals surface area contributed by atoms with Crippen LogP contribution in [0.15, 0.2) is 12.3 Å². The highest BCUT2D eigenvalue weighted by Crippen LogP contribution is 2.40. The first-order valence-corrected chi connectivity index (χ1v) is 6.34. The van der Waals surface area contributed by atoms with Crippen molar-refractivity contribution in [3.8, 4) is 0 Å². The Hall–Kier alpha value is -0.830. The Balaban J connectivity index is 1.95. The molecule has 0 spiro atoms. The molecule has 0 aromatic carbocycles. The Kier molecular flexibility index (Phi) is 3.64. The molecule has 3 nitrogen and oxygen atoms in total. The van der Waals surface area contributed by atoms with Gasteiger partial charge < -0.3 is 5.32 Å². The van der Waals surface area contributed by atoms with Crippen LogP contribution in [-0.4, -0.2) is 16.5 Å². The van der Waals surface area contributed by atoms with Crippen LogP contribution in [0.25, 0.3) is 0 Å². The van der Waals surface area contributed by atoms with Gasteiger partial charge in [0.2, 0.25) is 5.28 Å². The van der Waals surface area contributed by atoms with Crippen molar-refractivity contribution in [2.24, 2.45) is 5.41 Å². The molecule has 4 heteroatoms. The van der Waals surface area contributed by atoms with E-state index < -0.39 is 0 Å². The van der Waals surface area contributed by atoms with Crippen molar-refractivity contribution in [1.82, 2.24) is 9.97 Å². The molecule has 88 valence electrons. The first kappa shape index (κ1) is 11.6. The van der Waals surface area contributed by atoms with Gasteiger partial charge in [-0.15, -0.1) is 0 Å². The number of halogens is 1. The molecule has 0 amide bonds. The van der Waals surface area contributed by atoms with Crippen LogP contribution in [0, 0.1) is 5.41 Å². The number of hydrogen-bond donors (Lipinski definition) is 1. The molecule has 1 N–H and O–H groups in total. The number of nitrogens with one attached hydrogen (secondary N) is 1. The van der Waals surface area contributed by atoms with Gasteiger partial charge in [-0.05, 0) is 42.3 Å². The third kappa shape index (κ3) is 2.64. The molecule has 1 aromatic heterocycles. The van der Waals surface area contributed by atoms with Crippen molar-refractivity contribution in [3.63, 3.8) is 0 Å². The monoisotopic (exact) mass is 239 g/mol. The second-order valence-corrected chi connectivity index (χ2v) is 4.96. The fraction of sp³-hybridized carbons (Fsp3) is 0.667. The van der Waals surface area contributed by atoms with Gasteiger partial charge in [0, 0.05) is 12.7 Å². The van der Waals surface area contributed by atoms with E-state index in [9.17, 15) is 0 Å². The van der Waals surface area contributed by atoms with Gasteiger partial charge in [-0.25, -0.2) is 9.97 Å². The number of nitrogens with zero attached hydrogens (tertiary/aromatic N) is 2. The van der Waals surface area contributed by atoms with Crippen LogP contribution >= 0.6 is 11.6 Å². The fourth-order valence-electron chi connectivity index (χ4n) is 2.49. The van der Waals surface area contributed by atoms with Crippen LogP contribution in [0.2, 0.25) is 5.28 Å². The zero-order valence-electron chi connectivity index (χ0n) is 9.67. The first-order chi connectivity index (χ1) is 7.74. The summed E-state index contributed by atoms with van der Waals surface area (Å²) in [7, 11) is 0. The summed E-state index contributed by atoms with van der Waals surface area (Å²) in [5.41, 5.74) is 0.470. The van der Waals surface area contributed by atoms with Gasteiger partial charge in [0.05, 0.1) is 0 Å². The summed E-state index contributed by atoms with van der Waals surface area (Å²) in [6.45, 7) is 3.27. The maximum Gasteiger partial charge on any atom is 0.224 e. The molecule has 0 atom stereocenters. The highest BCUT2D eigenvalue weighted by atomic mass is 35.5. The lowest BCUT2D eigenvalue weighted by Crippen LogP contribution is -2.26. The van der Waals surface area contributed by atoms with Crippen molar-refractivity contribution < 1.29 is 0 Å². The molecule has 0 unspecified atom stereocenters. The summed E-state index contributed by atoms with van der Waals surface area (Å²) in [5.74, 6) is 0.833. The number of aromatic nitrogens is 2. The van der Waals surface area contributed by atoms with Crippen molar-refractivity contribution in [1.29, 1.82) is 0 Å². The van der Waals surface area contributed by atoms with Crippen LogP contribution in [0.3, 0.4) is 0 Å². The predicted octanol–water partition coefficient (Wildman–Crippen LogP) is 3.51. The fourth-order valence-corrected chi connectivity index (χ4v) is 2.64. The van der Waals surface area contributed by atoms with E-state index in [1.54, 1.807) is 6.20 Å². The molecule has 0 radical (unpaired) electrons. The smallest absolute Gasteiger partial charge is 0.224 e. The van der Waals surface area contributed by atoms with Crippen LogP contribution < -0.4 is 5.32 Å². The zero-order valence-corrected chi connectivity index (χ0v) is 10.4. The Bertz CT molecular complexity index is 348. The third-order valence-electron chi connectivity index (χ3n) is 3.68. The molecule has 0 bridgehead atoms. The molecule has 1 aromatic rings. The predicted molar refractivity (Wildman–Crippen MR) is 66.7 cm³/mol. The maximum absolute atomic E-state index is 5.75. The van der Waals surface area contributed by atoms with E-state index in [0.29, 0.717) is 10.7 Å². The standard InChI is InChI=1S/C12H18ClN3/c1-2-12(6-3-4-7-12)9-15-10-5-8-14-11(13)16-10/h5,8H,2-4,6-7,9H2,1H3,(H,14,15,16). The number of anilines is 1. The van der Waals surface area contributed by atoms with Crippen LogP contribution in [0.4, 0.5) is 5.82 Å². The molecule has 0 saturated heterocycles. The summed E-state index contributed by atoms with van der Waals surface area (Å²) < 4.78 is 0. The van der Waals surface area contributed by atoms with E-state index >= 15 is 0 Å². The number of hydrogen-bond acceptors (Lipinski definition) is 3. The molecule has 1 fully saturated rings. The Morgan fingerprint density at radius 2 is 2.19 bits per heavy atom. The third-order valence-corrected chi connectivity index (χ3v) is 3.87. The average molecular weight is 240 g/mol. The number of rotatable bonds is 4. The lowest BCUT2D eigenvalue weighted by atomic mass is 9.83. The van der Waals surface area contributed by atoms with Gasteiger partial charge >= 0.3 is 0 Å². The van der Waals surface area contributed by atoms with E-state index in [-0.39, 0.29) is 0 Å². The second-order valence-electron chi connectivity index (χ2n) is 4.63. The van der Waals surface area contributed by atoms with Crippen molar-refractivity contribution in [2.45, 2.75) is 39.0 Å². The van der Waals surface area contributed by atoms with E-state index in [4.69, 9.17) is 11.6 Å². The summed E-state index contributed by atoms with van der Waals surface area (Å²) in [6.07, 6.45) is 8.30. The first-order valence-electron chi connectivity index (χ1n) is 5.96. The van der Waals surface area contributed by atoms with Crippen LogP contribution in [0.5, 0.6) is 0 Å². The van der Waals surface area contributed by atoms with Gasteiger partial charge in [0.1, 0.15) is 5.82 Å². The zero-order chi connectivity index (χ0) is 11.4. The second kappa shape index (κ2) is 5.00. The quantitative estimate of drug-likeness (QED) is 0.817.